The van der Waals surface area contributed by atoms with Crippen molar-refractivity contribution in [3.8, 4) is 0 Å². The Kier molecular flexibility index (Phi) is 4.73. The third-order valence-corrected chi connectivity index (χ3v) is 4.30. The number of hydrogen-bond acceptors (Lipinski definition) is 3. The molecule has 2 rings (SSSR count). The highest BCUT2D eigenvalue weighted by molar-refractivity contribution is 8.04. The van der Waals surface area contributed by atoms with E-state index in [1.807, 2.05) is 19.9 Å². The van der Waals surface area contributed by atoms with Gasteiger partial charge in [-0.15, -0.1) is 0 Å². The molecule has 0 radical (unpaired) electrons. The normalized spacial score (nSPS) is 15.8. The predicted molar refractivity (Wildman–Crippen MR) is 81.9 cm³/mol. The van der Waals surface area contributed by atoms with Gasteiger partial charge in [-0.3, -0.25) is 9.59 Å². The first kappa shape index (κ1) is 14.9. The number of halogens is 1. The van der Waals surface area contributed by atoms with E-state index >= 15 is 0 Å². The largest absolute Gasteiger partial charge is 0.340 e. The molecule has 20 heavy (non-hydrogen) atoms. The van der Waals surface area contributed by atoms with Crippen LogP contribution in [0.4, 0.5) is 5.69 Å². The first-order valence-corrected chi connectivity index (χ1v) is 7.54. The van der Waals surface area contributed by atoms with Gasteiger partial charge in [0.25, 0.3) is 5.91 Å². The number of rotatable bonds is 3. The van der Waals surface area contributed by atoms with Gasteiger partial charge in [-0.1, -0.05) is 23.4 Å². The third kappa shape index (κ3) is 3.16. The van der Waals surface area contributed by atoms with E-state index < -0.39 is 0 Å². The zero-order valence-electron chi connectivity index (χ0n) is 11.3. The van der Waals surface area contributed by atoms with Crippen molar-refractivity contribution in [2.45, 2.75) is 18.7 Å². The van der Waals surface area contributed by atoms with Crippen LogP contribution in [0.3, 0.4) is 0 Å². The van der Waals surface area contributed by atoms with Crippen LogP contribution in [-0.2, 0) is 9.59 Å². The lowest BCUT2D eigenvalue weighted by Crippen LogP contribution is -2.30. The predicted octanol–water partition coefficient (Wildman–Crippen LogP) is 3.14. The van der Waals surface area contributed by atoms with Gasteiger partial charge in [-0.25, -0.2) is 0 Å². The molecule has 1 aliphatic rings. The summed E-state index contributed by atoms with van der Waals surface area (Å²) in [5, 5.41) is 3.31. The number of fused-ring (bicyclic) bond motifs is 1. The lowest BCUT2D eigenvalue weighted by molar-refractivity contribution is -0.126. The Labute approximate surface area is 127 Å². The molecule has 0 saturated heterocycles. The molecule has 0 bridgehead atoms. The average Bonchev–Trinajstić information content (AvgIpc) is 2.41. The molecule has 0 aromatic heterocycles. The summed E-state index contributed by atoms with van der Waals surface area (Å²) in [5.41, 5.74) is 0.680. The molecule has 1 N–H and O–H groups in total. The number of benzene rings is 1. The molecule has 0 atom stereocenters. The van der Waals surface area contributed by atoms with Crippen molar-refractivity contribution >= 4 is 40.9 Å². The minimum atomic E-state index is -0.273. The topological polar surface area (TPSA) is 49.4 Å². The van der Waals surface area contributed by atoms with Gasteiger partial charge in [0.15, 0.2) is 0 Å². The summed E-state index contributed by atoms with van der Waals surface area (Å²) >= 11 is 7.17. The fraction of sp³-hybridized carbons (Fsp3) is 0.286. The van der Waals surface area contributed by atoms with Gasteiger partial charge >= 0.3 is 0 Å². The molecular weight excluding hydrogens is 296 g/mol. The van der Waals surface area contributed by atoms with Crippen LogP contribution in [0.5, 0.6) is 0 Å². The lowest BCUT2D eigenvalue weighted by atomic mass is 10.3. The summed E-state index contributed by atoms with van der Waals surface area (Å²) in [6, 6.07) is 5.29. The van der Waals surface area contributed by atoms with Gasteiger partial charge in [0.05, 0.1) is 10.6 Å². The van der Waals surface area contributed by atoms with Crippen molar-refractivity contribution in [1.29, 1.82) is 0 Å². The number of thioether (sulfide) groups is 1. The van der Waals surface area contributed by atoms with Gasteiger partial charge in [0.1, 0.15) is 0 Å². The van der Waals surface area contributed by atoms with E-state index in [-0.39, 0.29) is 11.8 Å². The van der Waals surface area contributed by atoms with E-state index in [0.717, 1.165) is 4.90 Å². The first-order chi connectivity index (χ1) is 9.55. The summed E-state index contributed by atoms with van der Waals surface area (Å²) in [4.78, 5) is 27.0. The van der Waals surface area contributed by atoms with Gasteiger partial charge < -0.3 is 10.2 Å². The van der Waals surface area contributed by atoms with Crippen LogP contribution in [0.1, 0.15) is 13.8 Å². The molecule has 1 aromatic carbocycles. The molecule has 1 heterocycles. The molecule has 6 heteroatoms. The second-order valence-electron chi connectivity index (χ2n) is 4.22. The number of carbonyl (C=O) groups is 2. The van der Waals surface area contributed by atoms with Gasteiger partial charge in [0.2, 0.25) is 5.91 Å². The van der Waals surface area contributed by atoms with E-state index in [9.17, 15) is 9.59 Å². The van der Waals surface area contributed by atoms with Crippen molar-refractivity contribution in [2.24, 2.45) is 0 Å². The molecule has 2 amide bonds. The highest BCUT2D eigenvalue weighted by atomic mass is 35.5. The molecule has 106 valence electrons. The number of nitrogens with one attached hydrogen (secondary N) is 1. The van der Waals surface area contributed by atoms with Crippen LogP contribution in [-0.4, -0.2) is 29.8 Å². The van der Waals surface area contributed by atoms with Crippen LogP contribution in [0.25, 0.3) is 0 Å². The highest BCUT2D eigenvalue weighted by Gasteiger charge is 2.22. The number of hydrogen-bond donors (Lipinski definition) is 1. The van der Waals surface area contributed by atoms with Crippen molar-refractivity contribution in [3.63, 3.8) is 0 Å². The maximum Gasteiger partial charge on any atom is 0.262 e. The maximum absolute atomic E-state index is 12.0. The van der Waals surface area contributed by atoms with Crippen LogP contribution in [0.2, 0.25) is 5.02 Å². The summed E-state index contributed by atoms with van der Waals surface area (Å²) in [5.74, 6) is -0.421. The number of anilines is 1. The van der Waals surface area contributed by atoms with Crippen LogP contribution < -0.4 is 5.32 Å². The van der Waals surface area contributed by atoms with Gasteiger partial charge in [-0.2, -0.15) is 0 Å². The van der Waals surface area contributed by atoms with E-state index in [2.05, 4.69) is 5.32 Å². The van der Waals surface area contributed by atoms with E-state index in [4.69, 9.17) is 11.6 Å². The quantitative estimate of drug-likeness (QED) is 0.873. The second-order valence-corrected chi connectivity index (χ2v) is 5.74. The molecule has 4 nitrogen and oxygen atoms in total. The number of likely N-dealkylation sites (N-methyl/N-ethyl adjacent to an activating group) is 1. The van der Waals surface area contributed by atoms with E-state index in [1.165, 1.54) is 17.8 Å². The van der Waals surface area contributed by atoms with Crippen LogP contribution >= 0.6 is 23.4 Å². The number of amides is 2. The standard InChI is InChI=1S/C14H15ClN2O2S/c1-3-17(4-2)13(18)8-12-14(19)16-10-7-9(15)5-6-11(10)20-12/h5-8H,3-4H2,1-2H3,(H,16,19)/b12-8-. The second kappa shape index (κ2) is 6.33. The van der Waals surface area contributed by atoms with Crippen molar-refractivity contribution in [2.75, 3.05) is 18.4 Å². The van der Waals surface area contributed by atoms with E-state index in [1.54, 1.807) is 17.0 Å². The average molecular weight is 311 g/mol. The van der Waals surface area contributed by atoms with Gasteiger partial charge in [-0.05, 0) is 32.0 Å². The first-order valence-electron chi connectivity index (χ1n) is 6.34. The fourth-order valence-electron chi connectivity index (χ4n) is 1.87. The number of carbonyl (C=O) groups excluding carboxylic acids is 2. The Balaban J connectivity index is 2.25. The Morgan fingerprint density at radius 2 is 2.10 bits per heavy atom. The summed E-state index contributed by atoms with van der Waals surface area (Å²) < 4.78 is 0. The molecule has 1 aromatic rings. The minimum absolute atomic E-state index is 0.148. The van der Waals surface area contributed by atoms with Crippen molar-refractivity contribution < 1.29 is 9.59 Å². The zero-order valence-corrected chi connectivity index (χ0v) is 12.8. The van der Waals surface area contributed by atoms with E-state index in [0.29, 0.717) is 28.7 Å². The molecule has 0 saturated carbocycles. The molecule has 0 aliphatic carbocycles. The summed E-state index contributed by atoms with van der Waals surface area (Å²) in [7, 11) is 0. The Bertz CT molecular complexity index is 583. The number of nitrogens with zero attached hydrogens (tertiary/aromatic N) is 1. The minimum Gasteiger partial charge on any atom is -0.340 e. The molecular formula is C14H15ClN2O2S. The maximum atomic E-state index is 12.0. The van der Waals surface area contributed by atoms with Crippen LogP contribution in [0, 0.1) is 0 Å². The van der Waals surface area contributed by atoms with Gasteiger partial charge in [0, 0.05) is 29.1 Å². The fourth-order valence-corrected chi connectivity index (χ4v) is 2.94. The molecule has 1 aliphatic heterocycles. The Morgan fingerprint density at radius 1 is 1.40 bits per heavy atom. The Morgan fingerprint density at radius 3 is 2.75 bits per heavy atom. The molecule has 0 unspecified atom stereocenters. The molecule has 0 fully saturated rings. The van der Waals surface area contributed by atoms with Crippen molar-refractivity contribution in [3.05, 3.63) is 34.2 Å². The zero-order chi connectivity index (χ0) is 14.7. The molecule has 0 spiro atoms. The Hall–Kier alpha value is -1.46. The van der Waals surface area contributed by atoms with Crippen molar-refractivity contribution in [1.82, 2.24) is 4.90 Å². The third-order valence-electron chi connectivity index (χ3n) is 2.96. The lowest BCUT2D eigenvalue weighted by Gasteiger charge is -2.20. The summed E-state index contributed by atoms with van der Waals surface area (Å²) in [6.07, 6.45) is 1.39. The highest BCUT2D eigenvalue weighted by Crippen LogP contribution is 2.39. The van der Waals surface area contributed by atoms with Crippen LogP contribution in [0.15, 0.2) is 34.1 Å². The smallest absolute Gasteiger partial charge is 0.262 e. The SMILES string of the molecule is CCN(CC)C(=O)/C=C1\Sc2ccc(Cl)cc2NC1=O. The summed E-state index contributed by atoms with van der Waals surface area (Å²) in [6.45, 7) is 5.06. The monoisotopic (exact) mass is 310 g/mol.